The average molecular weight is 484 g/mol. The highest BCUT2D eigenvalue weighted by Crippen LogP contribution is 2.39. The van der Waals surface area contributed by atoms with E-state index in [0.29, 0.717) is 0 Å². The van der Waals surface area contributed by atoms with Gasteiger partial charge in [0, 0.05) is 22.7 Å². The van der Waals surface area contributed by atoms with Crippen molar-refractivity contribution in [3.8, 4) is 5.69 Å². The van der Waals surface area contributed by atoms with Gasteiger partial charge in [-0.05, 0) is 74.8 Å². The van der Waals surface area contributed by atoms with Crippen molar-refractivity contribution in [3.63, 3.8) is 0 Å². The van der Waals surface area contributed by atoms with Gasteiger partial charge < -0.3 is 4.57 Å². The fourth-order valence-electron chi connectivity index (χ4n) is 6.48. The topological polar surface area (TPSA) is 22.2 Å². The normalized spacial score (nSPS) is 12.2. The van der Waals surface area contributed by atoms with Crippen LogP contribution in [-0.4, -0.2) is 14.0 Å². The van der Waals surface area contributed by atoms with E-state index < -0.39 is 0 Å². The fourth-order valence-corrected chi connectivity index (χ4v) is 6.48. The number of para-hydroxylation sites is 1. The largest absolute Gasteiger partial charge is 0.307 e. The summed E-state index contributed by atoms with van der Waals surface area (Å²) in [6.07, 6.45) is 2.09. The molecule has 3 heteroatoms. The maximum Gasteiger partial charge on any atom is 0.137 e. The molecule has 0 radical (unpaired) electrons. The van der Waals surface area contributed by atoms with E-state index in [2.05, 4.69) is 130 Å². The fraction of sp³-hybridized carbons (Fsp3) is 0. The number of benzene rings is 6. The molecule has 0 aliphatic carbocycles. The van der Waals surface area contributed by atoms with Crippen molar-refractivity contribution < 1.29 is 0 Å². The van der Waals surface area contributed by atoms with Crippen molar-refractivity contribution in [1.82, 2.24) is 14.0 Å². The lowest BCUT2D eigenvalue weighted by Gasteiger charge is -2.14. The molecule has 0 N–H and O–H groups in total. The minimum absolute atomic E-state index is 0.961. The van der Waals surface area contributed by atoms with Gasteiger partial charge in [0.15, 0.2) is 0 Å². The smallest absolute Gasteiger partial charge is 0.137 e. The molecule has 176 valence electrons. The van der Waals surface area contributed by atoms with Crippen LogP contribution >= 0.6 is 0 Å². The minimum Gasteiger partial charge on any atom is -0.307 e. The Bertz CT molecular complexity index is 2370. The summed E-state index contributed by atoms with van der Waals surface area (Å²) >= 11 is 0. The number of aromatic nitrogens is 3. The van der Waals surface area contributed by atoms with E-state index in [4.69, 9.17) is 4.98 Å². The second-order valence-corrected chi connectivity index (χ2v) is 10.0. The predicted octanol–water partition coefficient (Wildman–Crippen LogP) is 9.04. The Morgan fingerprint density at radius 3 is 1.82 bits per heavy atom. The summed E-state index contributed by atoms with van der Waals surface area (Å²) in [5, 5.41) is 10.2. The first-order valence-electron chi connectivity index (χ1n) is 13.0. The van der Waals surface area contributed by atoms with Crippen LogP contribution in [0.4, 0.5) is 0 Å². The van der Waals surface area contributed by atoms with Gasteiger partial charge in [0.25, 0.3) is 0 Å². The van der Waals surface area contributed by atoms with Crippen LogP contribution in [0.1, 0.15) is 0 Å². The summed E-state index contributed by atoms with van der Waals surface area (Å²) in [4.78, 5) is 5.12. The van der Waals surface area contributed by atoms with Gasteiger partial charge >= 0.3 is 0 Å². The second-order valence-electron chi connectivity index (χ2n) is 10.0. The molecule has 0 saturated carbocycles. The van der Waals surface area contributed by atoms with E-state index in [9.17, 15) is 0 Å². The Morgan fingerprint density at radius 2 is 1.05 bits per heavy atom. The van der Waals surface area contributed by atoms with Crippen molar-refractivity contribution >= 4 is 70.8 Å². The number of fused-ring (bicyclic) bond motifs is 13. The van der Waals surface area contributed by atoms with E-state index in [1.165, 1.54) is 48.6 Å². The number of nitrogens with zero attached hydrogens (tertiary/aromatic N) is 3. The second kappa shape index (κ2) is 7.21. The lowest BCUT2D eigenvalue weighted by molar-refractivity contribution is 1.19. The summed E-state index contributed by atoms with van der Waals surface area (Å²) < 4.78 is 4.58. The van der Waals surface area contributed by atoms with Gasteiger partial charge in [-0.15, -0.1) is 0 Å². The number of hydrogen-bond donors (Lipinski definition) is 0. The van der Waals surface area contributed by atoms with Crippen LogP contribution < -0.4 is 0 Å². The van der Waals surface area contributed by atoms with Gasteiger partial charge in [-0.3, -0.25) is 4.40 Å². The van der Waals surface area contributed by atoms with Crippen LogP contribution in [-0.2, 0) is 0 Å². The molecule has 0 aliphatic rings. The molecule has 0 saturated heterocycles. The Kier molecular flexibility index (Phi) is 3.79. The zero-order chi connectivity index (χ0) is 24.8. The molecule has 0 atom stereocenters. The van der Waals surface area contributed by atoms with E-state index in [1.807, 2.05) is 6.07 Å². The third-order valence-electron chi connectivity index (χ3n) is 8.10. The zero-order valence-corrected chi connectivity index (χ0v) is 20.5. The highest BCUT2D eigenvalue weighted by Gasteiger charge is 2.18. The Balaban J connectivity index is 1.48. The third kappa shape index (κ3) is 2.50. The molecular formula is C35H21N3. The van der Waals surface area contributed by atoms with Gasteiger partial charge in [-0.25, -0.2) is 4.98 Å². The van der Waals surface area contributed by atoms with Crippen LogP contribution in [0.15, 0.2) is 128 Å². The number of hydrogen-bond acceptors (Lipinski definition) is 1. The Morgan fingerprint density at radius 1 is 0.447 bits per heavy atom. The maximum atomic E-state index is 5.12. The van der Waals surface area contributed by atoms with Crippen molar-refractivity contribution in [3.05, 3.63) is 128 Å². The van der Waals surface area contributed by atoms with Crippen molar-refractivity contribution in [1.29, 1.82) is 0 Å². The van der Waals surface area contributed by atoms with Gasteiger partial charge in [0.1, 0.15) is 11.2 Å². The van der Waals surface area contributed by atoms with Gasteiger partial charge in [0.2, 0.25) is 0 Å². The Labute approximate surface area is 217 Å². The quantitative estimate of drug-likeness (QED) is 0.214. The molecule has 3 aromatic heterocycles. The molecule has 0 bridgehead atoms. The summed E-state index contributed by atoms with van der Waals surface area (Å²) in [6, 6.07) is 43.8. The van der Waals surface area contributed by atoms with E-state index in [1.54, 1.807) is 0 Å². The first kappa shape index (κ1) is 20.0. The lowest BCUT2D eigenvalue weighted by Crippen LogP contribution is -1.95. The SMILES string of the molecule is c1ccc2c(c1)c1ccccc1c1cc(-n3c4ccccc4c4ccc5c(nc6ccccn65)c43)ccc21. The molecule has 0 aliphatic heterocycles. The molecule has 0 fully saturated rings. The van der Waals surface area contributed by atoms with Crippen LogP contribution in [0.3, 0.4) is 0 Å². The molecule has 6 aromatic carbocycles. The molecule has 9 aromatic rings. The molecule has 38 heavy (non-hydrogen) atoms. The van der Waals surface area contributed by atoms with Crippen LogP contribution in [0, 0.1) is 0 Å². The summed E-state index contributed by atoms with van der Waals surface area (Å²) in [5.74, 6) is 0. The molecular weight excluding hydrogens is 462 g/mol. The molecule has 3 nitrogen and oxygen atoms in total. The van der Waals surface area contributed by atoms with Crippen LogP contribution in [0.2, 0.25) is 0 Å². The summed E-state index contributed by atoms with van der Waals surface area (Å²) in [5.41, 5.74) is 6.59. The van der Waals surface area contributed by atoms with Crippen LogP contribution in [0.25, 0.3) is 76.5 Å². The first-order valence-corrected chi connectivity index (χ1v) is 13.0. The minimum atomic E-state index is 0.961. The lowest BCUT2D eigenvalue weighted by atomic mass is 9.94. The number of rotatable bonds is 1. The van der Waals surface area contributed by atoms with Crippen molar-refractivity contribution in [2.45, 2.75) is 0 Å². The zero-order valence-electron chi connectivity index (χ0n) is 20.5. The highest BCUT2D eigenvalue weighted by molar-refractivity contribution is 6.26. The van der Waals surface area contributed by atoms with Gasteiger partial charge in [0.05, 0.1) is 16.6 Å². The maximum absolute atomic E-state index is 5.12. The molecule has 0 unspecified atom stereocenters. The third-order valence-corrected chi connectivity index (χ3v) is 8.10. The average Bonchev–Trinajstić information content (AvgIpc) is 3.53. The van der Waals surface area contributed by atoms with Crippen LogP contribution in [0.5, 0.6) is 0 Å². The number of imidazole rings is 1. The van der Waals surface area contributed by atoms with Gasteiger partial charge in [-0.1, -0.05) is 78.9 Å². The van der Waals surface area contributed by atoms with E-state index in [-0.39, 0.29) is 0 Å². The first-order chi connectivity index (χ1) is 18.9. The van der Waals surface area contributed by atoms with Crippen molar-refractivity contribution in [2.75, 3.05) is 0 Å². The summed E-state index contributed by atoms with van der Waals surface area (Å²) in [6.45, 7) is 0. The molecule has 0 amide bonds. The molecule has 9 rings (SSSR count). The van der Waals surface area contributed by atoms with E-state index >= 15 is 0 Å². The molecule has 3 heterocycles. The Hall–Kier alpha value is -5.15. The van der Waals surface area contributed by atoms with E-state index in [0.717, 1.165) is 27.9 Å². The number of pyridine rings is 1. The highest BCUT2D eigenvalue weighted by atomic mass is 15.0. The predicted molar refractivity (Wildman–Crippen MR) is 160 cm³/mol. The van der Waals surface area contributed by atoms with Crippen molar-refractivity contribution in [2.24, 2.45) is 0 Å². The molecule has 0 spiro atoms. The monoisotopic (exact) mass is 483 g/mol. The summed E-state index contributed by atoms with van der Waals surface area (Å²) in [7, 11) is 0. The van der Waals surface area contributed by atoms with Gasteiger partial charge in [-0.2, -0.15) is 0 Å². The standard InChI is InChI=1S/C35H21N3/c1-2-11-25-23(9-1)24-10-3-4-12-26(24)30-21-22(16-17-27(25)30)38-31-14-6-5-13-28(31)29-18-19-32-34(35(29)38)36-33-15-7-8-20-37(32)33/h1-21H.